The summed E-state index contributed by atoms with van der Waals surface area (Å²) in [6, 6.07) is 1.13. The van der Waals surface area contributed by atoms with Crippen LogP contribution in [0.25, 0.3) is 0 Å². The Morgan fingerprint density at radius 1 is 1.31 bits per heavy atom. The van der Waals surface area contributed by atoms with Crippen LogP contribution in [0.3, 0.4) is 0 Å². The molecule has 1 unspecified atom stereocenters. The van der Waals surface area contributed by atoms with E-state index in [4.69, 9.17) is 11.6 Å². The molecule has 1 aromatic rings. The summed E-state index contributed by atoms with van der Waals surface area (Å²) in [6.45, 7) is 5.57. The molecule has 1 aromatic carbocycles. The molecule has 2 N–H and O–H groups in total. The van der Waals surface area contributed by atoms with Crippen LogP contribution < -0.4 is 15.5 Å². The predicted molar refractivity (Wildman–Crippen MR) is 92.7 cm³/mol. The molecular weight excluding hydrogens is 368 g/mol. The van der Waals surface area contributed by atoms with Crippen LogP contribution >= 0.6 is 11.6 Å². The fraction of sp³-hybridized carbons (Fsp3) is 0.471. The Labute approximate surface area is 154 Å². The zero-order chi connectivity index (χ0) is 19.6. The van der Waals surface area contributed by atoms with Crippen molar-refractivity contribution in [1.29, 1.82) is 0 Å². The lowest BCUT2D eigenvalue weighted by Crippen LogP contribution is -2.51. The van der Waals surface area contributed by atoms with Gasteiger partial charge in [0.15, 0.2) is 5.82 Å². The molecule has 3 amide bonds. The molecule has 0 aliphatic carbocycles. The van der Waals surface area contributed by atoms with Crippen LogP contribution in [0.2, 0.25) is 5.02 Å². The second-order valence-corrected chi connectivity index (χ2v) is 6.82. The summed E-state index contributed by atoms with van der Waals surface area (Å²) in [6.07, 6.45) is 0.423. The fourth-order valence-electron chi connectivity index (χ4n) is 2.80. The van der Waals surface area contributed by atoms with Crippen molar-refractivity contribution in [3.8, 4) is 0 Å². The molecule has 0 aromatic heterocycles. The Morgan fingerprint density at radius 3 is 2.50 bits per heavy atom. The zero-order valence-electron chi connectivity index (χ0n) is 14.6. The molecule has 0 bridgehead atoms. The zero-order valence-corrected chi connectivity index (χ0v) is 15.4. The molecule has 142 valence electrons. The molecule has 1 fully saturated rings. The Kier molecular flexibility index (Phi) is 6.30. The van der Waals surface area contributed by atoms with Gasteiger partial charge in [-0.25, -0.2) is 13.7 Å². The van der Waals surface area contributed by atoms with E-state index in [9.17, 15) is 23.2 Å². The van der Waals surface area contributed by atoms with Crippen LogP contribution in [0.5, 0.6) is 0 Å². The lowest BCUT2D eigenvalue weighted by atomic mass is 9.99. The van der Waals surface area contributed by atoms with Crippen molar-refractivity contribution in [1.82, 2.24) is 10.6 Å². The first-order valence-corrected chi connectivity index (χ1v) is 8.58. The van der Waals surface area contributed by atoms with Gasteiger partial charge in [-0.05, 0) is 45.9 Å². The van der Waals surface area contributed by atoms with Gasteiger partial charge < -0.3 is 10.6 Å². The van der Waals surface area contributed by atoms with E-state index in [0.717, 1.165) is 12.1 Å². The van der Waals surface area contributed by atoms with E-state index >= 15 is 0 Å². The Hall–Kier alpha value is -2.06. The van der Waals surface area contributed by atoms with E-state index in [0.29, 0.717) is 17.9 Å². The normalized spacial score (nSPS) is 19.5. The summed E-state index contributed by atoms with van der Waals surface area (Å²) in [5.74, 6) is -5.99. The highest BCUT2D eigenvalue weighted by Gasteiger charge is 2.39. The minimum absolute atomic E-state index is 0.259. The number of nitrogens with zero attached hydrogens (tertiary/aromatic N) is 1. The van der Waals surface area contributed by atoms with Gasteiger partial charge in [0.05, 0.1) is 11.6 Å². The molecule has 1 aliphatic heterocycles. The van der Waals surface area contributed by atoms with Gasteiger partial charge in [-0.1, -0.05) is 11.6 Å². The summed E-state index contributed by atoms with van der Waals surface area (Å²) in [5.41, 5.74) is -0.551. The summed E-state index contributed by atoms with van der Waals surface area (Å²) in [7, 11) is 0. The van der Waals surface area contributed by atoms with E-state index in [1.54, 1.807) is 20.8 Å². The minimum Gasteiger partial charge on any atom is -0.346 e. The van der Waals surface area contributed by atoms with Gasteiger partial charge in [0.25, 0.3) is 0 Å². The van der Waals surface area contributed by atoms with Crippen molar-refractivity contribution < 1.29 is 23.2 Å². The van der Waals surface area contributed by atoms with Gasteiger partial charge in [0.2, 0.25) is 5.91 Å². The predicted octanol–water partition coefficient (Wildman–Crippen LogP) is 2.00. The van der Waals surface area contributed by atoms with Gasteiger partial charge in [-0.15, -0.1) is 0 Å². The molecule has 0 saturated carbocycles. The van der Waals surface area contributed by atoms with E-state index < -0.39 is 46.0 Å². The van der Waals surface area contributed by atoms with Crippen LogP contribution in [0, 0.1) is 17.6 Å². The molecular formula is C17H20ClF2N3O3. The summed E-state index contributed by atoms with van der Waals surface area (Å²) in [4.78, 5) is 38.1. The van der Waals surface area contributed by atoms with E-state index in [1.807, 2.05) is 0 Å². The first kappa shape index (κ1) is 20.3. The van der Waals surface area contributed by atoms with Crippen LogP contribution in [-0.2, 0) is 14.4 Å². The second kappa shape index (κ2) is 8.09. The number of hydrogen-bond acceptors (Lipinski definition) is 4. The van der Waals surface area contributed by atoms with Crippen LogP contribution in [0.1, 0.15) is 27.2 Å². The number of nitrogens with one attached hydrogen (secondary N) is 2. The maximum Gasteiger partial charge on any atom is 0.323 e. The number of benzene rings is 1. The quantitative estimate of drug-likeness (QED) is 0.614. The highest BCUT2D eigenvalue weighted by atomic mass is 35.5. The number of carbonyl (C=O) groups excluding carboxylic acids is 3. The van der Waals surface area contributed by atoms with Crippen LogP contribution in [0.15, 0.2) is 12.1 Å². The van der Waals surface area contributed by atoms with E-state index in [2.05, 4.69) is 10.6 Å². The molecule has 0 radical (unpaired) electrons. The monoisotopic (exact) mass is 387 g/mol. The molecule has 9 heteroatoms. The molecule has 26 heavy (non-hydrogen) atoms. The number of carbonyl (C=O) groups is 3. The number of halogens is 3. The van der Waals surface area contributed by atoms with Crippen molar-refractivity contribution in [3.05, 3.63) is 28.8 Å². The topological polar surface area (TPSA) is 78.5 Å². The van der Waals surface area contributed by atoms with Crippen molar-refractivity contribution in [2.45, 2.75) is 39.3 Å². The number of amides is 3. The maximum absolute atomic E-state index is 14.5. The molecule has 2 atom stereocenters. The first-order chi connectivity index (χ1) is 12.1. The number of rotatable bonds is 3. The first-order valence-electron chi connectivity index (χ1n) is 8.20. The summed E-state index contributed by atoms with van der Waals surface area (Å²) >= 11 is 5.58. The number of anilines is 1. The third-order valence-electron chi connectivity index (χ3n) is 4.14. The minimum atomic E-state index is -1.27. The lowest BCUT2D eigenvalue weighted by molar-refractivity contribution is -0.140. The van der Waals surface area contributed by atoms with E-state index in [-0.39, 0.29) is 12.1 Å². The molecule has 1 aliphatic rings. The van der Waals surface area contributed by atoms with Gasteiger partial charge in [-0.2, -0.15) is 0 Å². The fourth-order valence-corrected chi connectivity index (χ4v) is 2.96. The molecule has 1 saturated heterocycles. The van der Waals surface area contributed by atoms with Crippen LogP contribution in [0.4, 0.5) is 14.5 Å². The van der Waals surface area contributed by atoms with Gasteiger partial charge in [0, 0.05) is 12.1 Å². The standard InChI is InChI=1S/C17H20ClF2N3O3/c1-8(2)22-15(24)17(26)23(16(25)10-6-7-21-9(10)3)12-5-4-11(19)13(18)14(12)20/h4-5,8-10,21H,6-7H2,1-3H3,(H,22,24)/t9-,10?/m0/s1. The maximum atomic E-state index is 14.5. The second-order valence-electron chi connectivity index (χ2n) is 6.44. The Balaban J connectivity index is 2.48. The third-order valence-corrected chi connectivity index (χ3v) is 4.48. The highest BCUT2D eigenvalue weighted by molar-refractivity contribution is 6.45. The molecule has 6 nitrogen and oxygen atoms in total. The Bertz CT molecular complexity index is 742. The van der Waals surface area contributed by atoms with Gasteiger partial charge in [-0.3, -0.25) is 14.4 Å². The number of imide groups is 1. The molecule has 1 heterocycles. The lowest BCUT2D eigenvalue weighted by Gasteiger charge is -2.26. The van der Waals surface area contributed by atoms with E-state index in [1.165, 1.54) is 0 Å². The highest BCUT2D eigenvalue weighted by Crippen LogP contribution is 2.31. The largest absolute Gasteiger partial charge is 0.346 e. The third kappa shape index (κ3) is 4.02. The smallest absolute Gasteiger partial charge is 0.323 e. The van der Waals surface area contributed by atoms with Gasteiger partial charge >= 0.3 is 11.8 Å². The number of hydrogen-bond donors (Lipinski definition) is 2. The Morgan fingerprint density at radius 2 is 1.96 bits per heavy atom. The SMILES string of the molecule is CC(C)NC(=O)C(=O)N(C(=O)C1CCN[C@H]1C)c1ccc(F)c(Cl)c1F. The van der Waals surface area contributed by atoms with Crippen LogP contribution in [-0.4, -0.2) is 36.3 Å². The van der Waals surface area contributed by atoms with Crippen molar-refractivity contribution in [2.75, 3.05) is 11.4 Å². The molecule has 0 spiro atoms. The summed E-state index contributed by atoms with van der Waals surface area (Å²) < 4.78 is 27.9. The average Bonchev–Trinajstić information content (AvgIpc) is 3.00. The van der Waals surface area contributed by atoms with Crippen molar-refractivity contribution in [3.63, 3.8) is 0 Å². The van der Waals surface area contributed by atoms with Crippen molar-refractivity contribution >= 4 is 35.0 Å². The van der Waals surface area contributed by atoms with Crippen molar-refractivity contribution in [2.24, 2.45) is 5.92 Å². The molecule has 2 rings (SSSR count). The summed E-state index contributed by atoms with van der Waals surface area (Å²) in [5, 5.41) is 4.57. The van der Waals surface area contributed by atoms with Gasteiger partial charge in [0.1, 0.15) is 10.8 Å². The average molecular weight is 388 g/mol.